The number of hydrogen-bond acceptors (Lipinski definition) is 2. The van der Waals surface area contributed by atoms with E-state index in [1.165, 1.54) is 0 Å². The molecule has 1 aliphatic heterocycles. The van der Waals surface area contributed by atoms with Gasteiger partial charge in [-0.05, 0) is 31.3 Å². The molecule has 1 aliphatic rings. The van der Waals surface area contributed by atoms with Crippen LogP contribution in [0.2, 0.25) is 0 Å². The molecule has 0 saturated carbocycles. The first-order valence-electron chi connectivity index (χ1n) is 4.95. The number of rotatable bonds is 1. The number of benzene rings is 1. The molecule has 1 atom stereocenters. The minimum absolute atomic E-state index is 0.355. The smallest absolute Gasteiger partial charge is 0.194 e. The summed E-state index contributed by atoms with van der Waals surface area (Å²) in [6.07, 6.45) is 2.85. The van der Waals surface area contributed by atoms with E-state index in [9.17, 15) is 0 Å². The summed E-state index contributed by atoms with van der Waals surface area (Å²) in [5.74, 6) is 0. The predicted octanol–water partition coefficient (Wildman–Crippen LogP) is 2.46. The largest absolute Gasteiger partial charge is 0.331 e. The lowest BCUT2D eigenvalue weighted by Crippen LogP contribution is -2.34. The first-order valence-corrected chi connectivity index (χ1v) is 5.36. The van der Waals surface area contributed by atoms with Gasteiger partial charge >= 0.3 is 0 Å². The van der Waals surface area contributed by atoms with Crippen molar-refractivity contribution >= 4 is 29.2 Å². The molecule has 1 N–H and O–H groups in total. The van der Waals surface area contributed by atoms with Gasteiger partial charge in [0.1, 0.15) is 0 Å². The number of nitrogens with zero attached hydrogens (tertiary/aromatic N) is 2. The second-order valence-corrected chi connectivity index (χ2v) is 3.91. The molecule has 1 heterocycles. The molecule has 0 aromatic heterocycles. The van der Waals surface area contributed by atoms with Gasteiger partial charge in [0.2, 0.25) is 0 Å². The number of hydrazone groups is 1. The van der Waals surface area contributed by atoms with Crippen LogP contribution in [0.3, 0.4) is 0 Å². The molecule has 0 bridgehead atoms. The van der Waals surface area contributed by atoms with Gasteiger partial charge < -0.3 is 5.32 Å². The lowest BCUT2D eigenvalue weighted by Gasteiger charge is -2.21. The van der Waals surface area contributed by atoms with E-state index in [1.807, 2.05) is 41.6 Å². The zero-order chi connectivity index (χ0) is 10.7. The average Bonchev–Trinajstić information content (AvgIpc) is 2.66. The standard InChI is InChI=1S/C11H13N3S/c1-9-7-8-12-14(9)11(15)13-10-5-3-2-4-6-10/h2-6,8-9H,7H2,1H3,(H,13,15)/t9-/m0/s1. The van der Waals surface area contributed by atoms with Crippen LogP contribution in [0.15, 0.2) is 35.4 Å². The molecule has 2 rings (SSSR count). The van der Waals surface area contributed by atoms with E-state index in [0.717, 1.165) is 12.1 Å². The molecular formula is C11H13N3S. The van der Waals surface area contributed by atoms with E-state index >= 15 is 0 Å². The first-order chi connectivity index (χ1) is 7.27. The molecule has 15 heavy (non-hydrogen) atoms. The van der Waals surface area contributed by atoms with Crippen LogP contribution in [-0.2, 0) is 0 Å². The summed E-state index contributed by atoms with van der Waals surface area (Å²) in [5, 5.41) is 9.87. The summed E-state index contributed by atoms with van der Waals surface area (Å²) >= 11 is 5.27. The van der Waals surface area contributed by atoms with E-state index in [-0.39, 0.29) is 0 Å². The van der Waals surface area contributed by atoms with Crippen LogP contribution in [0.25, 0.3) is 0 Å². The normalized spacial score (nSPS) is 19.3. The summed E-state index contributed by atoms with van der Waals surface area (Å²) in [4.78, 5) is 0. The lowest BCUT2D eigenvalue weighted by molar-refractivity contribution is 0.390. The van der Waals surface area contributed by atoms with Gasteiger partial charge in [0.15, 0.2) is 5.11 Å². The Morgan fingerprint density at radius 1 is 1.47 bits per heavy atom. The van der Waals surface area contributed by atoms with Gasteiger partial charge in [-0.25, -0.2) is 5.01 Å². The second kappa shape index (κ2) is 4.40. The topological polar surface area (TPSA) is 27.6 Å². The molecule has 0 saturated heterocycles. The van der Waals surface area contributed by atoms with Gasteiger partial charge in [0.25, 0.3) is 0 Å². The summed E-state index contributed by atoms with van der Waals surface area (Å²) in [5.41, 5.74) is 0.997. The highest BCUT2D eigenvalue weighted by Gasteiger charge is 2.19. The molecule has 0 aliphatic carbocycles. The Morgan fingerprint density at radius 2 is 2.20 bits per heavy atom. The van der Waals surface area contributed by atoms with E-state index in [2.05, 4.69) is 17.3 Å². The SMILES string of the molecule is C[C@H]1CC=NN1C(=S)Nc1ccccc1. The average molecular weight is 219 g/mol. The minimum Gasteiger partial charge on any atom is -0.331 e. The fourth-order valence-corrected chi connectivity index (χ4v) is 1.80. The van der Waals surface area contributed by atoms with Crippen molar-refractivity contribution in [2.45, 2.75) is 19.4 Å². The van der Waals surface area contributed by atoms with Crippen LogP contribution in [-0.4, -0.2) is 22.4 Å². The molecule has 4 heteroatoms. The monoisotopic (exact) mass is 219 g/mol. The fraction of sp³-hybridized carbons (Fsp3) is 0.273. The Kier molecular flexibility index (Phi) is 2.97. The van der Waals surface area contributed by atoms with Crippen molar-refractivity contribution in [2.24, 2.45) is 5.10 Å². The van der Waals surface area contributed by atoms with Crippen molar-refractivity contribution in [3.63, 3.8) is 0 Å². The van der Waals surface area contributed by atoms with Crippen LogP contribution < -0.4 is 5.32 Å². The van der Waals surface area contributed by atoms with Gasteiger partial charge in [-0.15, -0.1) is 0 Å². The third-order valence-electron chi connectivity index (χ3n) is 2.30. The van der Waals surface area contributed by atoms with Gasteiger partial charge in [0.05, 0.1) is 6.04 Å². The Labute approximate surface area is 94.8 Å². The Balaban J connectivity index is 2.01. The molecular weight excluding hydrogens is 206 g/mol. The summed E-state index contributed by atoms with van der Waals surface area (Å²) in [6.45, 7) is 2.10. The Hall–Kier alpha value is -1.42. The first kappa shape index (κ1) is 10.1. The number of thiocarbonyl (C=S) groups is 1. The summed E-state index contributed by atoms with van der Waals surface area (Å²) in [6, 6.07) is 10.2. The maximum atomic E-state index is 5.27. The third kappa shape index (κ3) is 2.33. The maximum Gasteiger partial charge on any atom is 0.194 e. The van der Waals surface area contributed by atoms with Crippen molar-refractivity contribution < 1.29 is 0 Å². The Morgan fingerprint density at radius 3 is 2.80 bits per heavy atom. The van der Waals surface area contributed by atoms with E-state index in [4.69, 9.17) is 12.2 Å². The highest BCUT2D eigenvalue weighted by Crippen LogP contribution is 2.13. The highest BCUT2D eigenvalue weighted by molar-refractivity contribution is 7.80. The minimum atomic E-state index is 0.355. The predicted molar refractivity (Wildman–Crippen MR) is 67.1 cm³/mol. The molecule has 0 fully saturated rings. The Bertz CT molecular complexity index is 375. The van der Waals surface area contributed by atoms with Gasteiger partial charge in [-0.2, -0.15) is 5.10 Å². The van der Waals surface area contributed by atoms with Crippen LogP contribution >= 0.6 is 12.2 Å². The number of hydrogen-bond donors (Lipinski definition) is 1. The fourth-order valence-electron chi connectivity index (χ4n) is 1.46. The molecule has 0 spiro atoms. The second-order valence-electron chi connectivity index (χ2n) is 3.52. The molecule has 1 aromatic rings. The van der Waals surface area contributed by atoms with E-state index in [0.29, 0.717) is 11.2 Å². The summed E-state index contributed by atoms with van der Waals surface area (Å²) < 4.78 is 0. The zero-order valence-electron chi connectivity index (χ0n) is 8.55. The van der Waals surface area contributed by atoms with Crippen molar-refractivity contribution in [3.8, 4) is 0 Å². The quantitative estimate of drug-likeness (QED) is 0.735. The number of para-hydroxylation sites is 1. The highest BCUT2D eigenvalue weighted by atomic mass is 32.1. The van der Waals surface area contributed by atoms with Crippen LogP contribution in [0.4, 0.5) is 5.69 Å². The molecule has 0 radical (unpaired) electrons. The van der Waals surface area contributed by atoms with Crippen LogP contribution in [0.1, 0.15) is 13.3 Å². The lowest BCUT2D eigenvalue weighted by atomic mass is 10.3. The van der Waals surface area contributed by atoms with Crippen LogP contribution in [0.5, 0.6) is 0 Å². The van der Waals surface area contributed by atoms with Gasteiger partial charge in [-0.3, -0.25) is 0 Å². The molecule has 0 amide bonds. The number of anilines is 1. The third-order valence-corrected chi connectivity index (χ3v) is 2.59. The van der Waals surface area contributed by atoms with Crippen molar-refractivity contribution in [1.29, 1.82) is 0 Å². The van der Waals surface area contributed by atoms with Crippen molar-refractivity contribution in [1.82, 2.24) is 5.01 Å². The van der Waals surface area contributed by atoms with Crippen molar-refractivity contribution in [3.05, 3.63) is 30.3 Å². The van der Waals surface area contributed by atoms with Gasteiger partial charge in [-0.1, -0.05) is 18.2 Å². The van der Waals surface area contributed by atoms with E-state index in [1.54, 1.807) is 0 Å². The molecule has 1 aromatic carbocycles. The summed E-state index contributed by atoms with van der Waals surface area (Å²) in [7, 11) is 0. The van der Waals surface area contributed by atoms with Crippen molar-refractivity contribution in [2.75, 3.05) is 5.32 Å². The van der Waals surface area contributed by atoms with Crippen LogP contribution in [0, 0.1) is 0 Å². The maximum absolute atomic E-state index is 5.27. The molecule has 78 valence electrons. The van der Waals surface area contributed by atoms with E-state index < -0.39 is 0 Å². The molecule has 0 unspecified atom stereocenters. The zero-order valence-corrected chi connectivity index (χ0v) is 9.37. The van der Waals surface area contributed by atoms with Gasteiger partial charge in [0, 0.05) is 18.3 Å². The molecule has 3 nitrogen and oxygen atoms in total. The number of nitrogens with one attached hydrogen (secondary N) is 1.